The minimum Gasteiger partial charge on any atom is -0.508 e. The van der Waals surface area contributed by atoms with Crippen LogP contribution in [0, 0.1) is 29.4 Å². The molecule has 8 rings (SSSR count). The Morgan fingerprint density at radius 1 is 1.02 bits per heavy atom. The highest BCUT2D eigenvalue weighted by molar-refractivity contribution is 6.04. The zero-order chi connectivity index (χ0) is 36.2. The number of likely N-dealkylation sites (tertiary alicyclic amines) is 1. The summed E-state index contributed by atoms with van der Waals surface area (Å²) in [5.74, 6) is 1.11. The van der Waals surface area contributed by atoms with Gasteiger partial charge in [0.05, 0.1) is 24.9 Å². The summed E-state index contributed by atoms with van der Waals surface area (Å²) in [5, 5.41) is 22.7. The first-order valence-corrected chi connectivity index (χ1v) is 18.4. The fourth-order valence-electron chi connectivity index (χ4n) is 9.48. The van der Waals surface area contributed by atoms with Gasteiger partial charge in [-0.3, -0.25) is 4.90 Å². The number of nitrogens with zero attached hydrogens (tertiary/aromatic N) is 5. The fraction of sp³-hybridized carbons (Fsp3) is 0.525. The van der Waals surface area contributed by atoms with Crippen LogP contribution in [0.15, 0.2) is 24.3 Å². The van der Waals surface area contributed by atoms with Crippen molar-refractivity contribution in [1.82, 2.24) is 19.9 Å². The summed E-state index contributed by atoms with van der Waals surface area (Å²) in [6, 6.07) is 6.33. The molecule has 3 saturated heterocycles. The first-order chi connectivity index (χ1) is 25.1. The zero-order valence-corrected chi connectivity index (χ0v) is 29.8. The molecule has 3 aliphatic heterocycles. The van der Waals surface area contributed by atoms with Crippen molar-refractivity contribution in [2.75, 3.05) is 51.5 Å². The largest absolute Gasteiger partial charge is 0.508 e. The number of terminal acetylenes is 1. The van der Waals surface area contributed by atoms with Crippen molar-refractivity contribution in [3.05, 3.63) is 41.5 Å². The molecule has 4 aromatic rings. The van der Waals surface area contributed by atoms with Crippen LogP contribution in [0.5, 0.6) is 17.6 Å². The average molecular weight is 714 g/mol. The molecule has 3 atom stereocenters. The van der Waals surface area contributed by atoms with Crippen LogP contribution in [0.25, 0.3) is 32.9 Å². The van der Waals surface area contributed by atoms with Gasteiger partial charge in [0.25, 0.3) is 0 Å². The number of hydrogen-bond acceptors (Lipinski definition) is 10. The number of ether oxygens (including phenoxy) is 3. The van der Waals surface area contributed by atoms with E-state index in [4.69, 9.17) is 30.6 Å². The molecule has 12 heteroatoms. The molecule has 1 aliphatic carbocycles. The Morgan fingerprint density at radius 3 is 2.58 bits per heavy atom. The summed E-state index contributed by atoms with van der Waals surface area (Å²) in [5.41, 5.74) is -1.40. The van der Waals surface area contributed by atoms with Crippen molar-refractivity contribution in [3.8, 4) is 41.2 Å². The lowest BCUT2D eigenvalue weighted by Gasteiger charge is -2.50. The third kappa shape index (κ3) is 6.06. The van der Waals surface area contributed by atoms with Gasteiger partial charge in [0.1, 0.15) is 34.0 Å². The standard InChI is InChI=1S/C40H45F2N5O5/c1-4-27-29(41)10-9-24-20-26(48)21-28(31(24)27)34-33(42)35-32(37(43-34)50-3)36(46-16-6-13-39(2,49)22-46)45-38(44-35)52-23-40-14-5-8-30(40)47(17-7-15-40)25-11-18-51-19-12-25/h1,9-10,20-21,25,30,48-49H,5-8,11-19,22-23H2,2-3H3. The predicted octanol–water partition coefficient (Wildman–Crippen LogP) is 6.36. The highest BCUT2D eigenvalue weighted by Crippen LogP contribution is 2.50. The number of anilines is 1. The van der Waals surface area contributed by atoms with Crippen LogP contribution in [0.4, 0.5) is 14.6 Å². The number of phenols is 1. The van der Waals surface area contributed by atoms with E-state index in [-0.39, 0.29) is 62.7 Å². The minimum atomic E-state index is -1.00. The van der Waals surface area contributed by atoms with Crippen molar-refractivity contribution in [1.29, 1.82) is 0 Å². The number of halogens is 2. The lowest BCUT2D eigenvalue weighted by Crippen LogP contribution is -2.56. The van der Waals surface area contributed by atoms with E-state index in [1.165, 1.54) is 31.4 Å². The number of aromatic nitrogens is 3. The second kappa shape index (κ2) is 13.6. The molecule has 0 spiro atoms. The molecule has 274 valence electrons. The predicted molar refractivity (Wildman–Crippen MR) is 194 cm³/mol. The highest BCUT2D eigenvalue weighted by Gasteiger charge is 2.50. The van der Waals surface area contributed by atoms with Crippen molar-refractivity contribution in [2.24, 2.45) is 5.41 Å². The number of fused-ring (bicyclic) bond motifs is 3. The Balaban J connectivity index is 1.26. The quantitative estimate of drug-likeness (QED) is 0.210. The number of aliphatic hydroxyl groups is 1. The maximum Gasteiger partial charge on any atom is 0.319 e. The van der Waals surface area contributed by atoms with Crippen molar-refractivity contribution in [3.63, 3.8) is 0 Å². The number of phenolic OH excluding ortho intramolecular Hbond substituents is 1. The summed E-state index contributed by atoms with van der Waals surface area (Å²) < 4.78 is 50.3. The lowest BCUT2D eigenvalue weighted by atomic mass is 9.74. The number of piperidine rings is 2. The number of hydrogen-bond donors (Lipinski definition) is 2. The van der Waals surface area contributed by atoms with E-state index in [1.807, 2.05) is 4.90 Å². The van der Waals surface area contributed by atoms with Crippen LogP contribution in [0.1, 0.15) is 70.3 Å². The Bertz CT molecular complexity index is 2060. The van der Waals surface area contributed by atoms with Crippen LogP contribution in [-0.2, 0) is 4.74 Å². The van der Waals surface area contributed by atoms with E-state index in [9.17, 15) is 10.2 Å². The molecule has 3 unspecified atom stereocenters. The van der Waals surface area contributed by atoms with Crippen molar-refractivity contribution < 1.29 is 33.2 Å². The smallest absolute Gasteiger partial charge is 0.319 e. The topological polar surface area (TPSA) is 113 Å². The second-order valence-corrected chi connectivity index (χ2v) is 15.3. The number of rotatable bonds is 7. The maximum atomic E-state index is 17.2. The molecule has 10 nitrogen and oxygen atoms in total. The van der Waals surface area contributed by atoms with Crippen LogP contribution in [-0.4, -0.2) is 94.3 Å². The van der Waals surface area contributed by atoms with Gasteiger partial charge in [0, 0.05) is 54.8 Å². The number of β-amino-alcohol motifs (C(OH)–C–C–N with tert-alkyl or cyclic N) is 1. The molecule has 0 amide bonds. The van der Waals surface area contributed by atoms with Gasteiger partial charge < -0.3 is 29.3 Å². The monoisotopic (exact) mass is 713 g/mol. The molecule has 52 heavy (non-hydrogen) atoms. The molecular weight excluding hydrogens is 668 g/mol. The number of methoxy groups -OCH3 is 1. The highest BCUT2D eigenvalue weighted by atomic mass is 19.1. The van der Waals surface area contributed by atoms with Crippen molar-refractivity contribution in [2.45, 2.75) is 82.4 Å². The number of benzene rings is 2. The van der Waals surface area contributed by atoms with Crippen LogP contribution in [0.2, 0.25) is 0 Å². The average Bonchev–Trinajstić information content (AvgIpc) is 3.58. The van der Waals surface area contributed by atoms with Gasteiger partial charge in [-0.1, -0.05) is 18.4 Å². The van der Waals surface area contributed by atoms with Gasteiger partial charge in [-0.05, 0) is 88.4 Å². The molecule has 5 heterocycles. The van der Waals surface area contributed by atoms with Gasteiger partial charge in [-0.25, -0.2) is 13.8 Å². The van der Waals surface area contributed by atoms with Crippen molar-refractivity contribution >= 4 is 27.5 Å². The summed E-state index contributed by atoms with van der Waals surface area (Å²) >= 11 is 0. The molecule has 2 aromatic heterocycles. The van der Waals surface area contributed by atoms with E-state index in [0.29, 0.717) is 49.3 Å². The van der Waals surface area contributed by atoms with E-state index in [2.05, 4.69) is 15.8 Å². The summed E-state index contributed by atoms with van der Waals surface area (Å²) in [6.07, 6.45) is 14.5. The first kappa shape index (κ1) is 34.8. The summed E-state index contributed by atoms with van der Waals surface area (Å²) in [4.78, 5) is 18.8. The van der Waals surface area contributed by atoms with E-state index < -0.39 is 17.2 Å². The molecule has 1 saturated carbocycles. The van der Waals surface area contributed by atoms with Crippen LogP contribution >= 0.6 is 0 Å². The second-order valence-electron chi connectivity index (χ2n) is 15.3. The van der Waals surface area contributed by atoms with Crippen LogP contribution in [0.3, 0.4) is 0 Å². The zero-order valence-electron chi connectivity index (χ0n) is 29.8. The third-order valence-corrected chi connectivity index (χ3v) is 11.8. The van der Waals surface area contributed by atoms with Gasteiger partial charge in [-0.15, -0.1) is 6.42 Å². The third-order valence-electron chi connectivity index (χ3n) is 11.8. The lowest BCUT2D eigenvalue weighted by molar-refractivity contribution is -0.0512. The van der Waals surface area contributed by atoms with Gasteiger partial charge in [0.2, 0.25) is 5.88 Å². The van der Waals surface area contributed by atoms with E-state index in [1.54, 1.807) is 6.92 Å². The van der Waals surface area contributed by atoms with Gasteiger partial charge in [0.15, 0.2) is 5.82 Å². The normalized spacial score (nSPS) is 25.7. The van der Waals surface area contributed by atoms with E-state index in [0.717, 1.165) is 64.7 Å². The first-order valence-electron chi connectivity index (χ1n) is 18.4. The Labute approximate surface area is 302 Å². The molecule has 0 radical (unpaired) electrons. The number of pyridine rings is 1. The molecule has 2 N–H and O–H groups in total. The summed E-state index contributed by atoms with van der Waals surface area (Å²) in [7, 11) is 1.42. The maximum absolute atomic E-state index is 17.2. The fourth-order valence-corrected chi connectivity index (χ4v) is 9.48. The Hall–Kier alpha value is -4.31. The van der Waals surface area contributed by atoms with Crippen LogP contribution < -0.4 is 14.4 Å². The Kier molecular flexibility index (Phi) is 9.08. The molecule has 4 aliphatic rings. The summed E-state index contributed by atoms with van der Waals surface area (Å²) in [6.45, 7) is 5.62. The van der Waals surface area contributed by atoms with Gasteiger partial charge >= 0.3 is 6.01 Å². The van der Waals surface area contributed by atoms with E-state index >= 15 is 8.78 Å². The molecule has 2 aromatic carbocycles. The number of aromatic hydroxyl groups is 1. The van der Waals surface area contributed by atoms with Gasteiger partial charge in [-0.2, -0.15) is 9.97 Å². The Morgan fingerprint density at radius 2 is 1.81 bits per heavy atom. The SMILES string of the molecule is C#Cc1c(F)ccc2cc(O)cc(-c3nc(OC)c4c(N5CCCC(C)(O)C5)nc(OCC56CCCC5N(C5CCOCC5)CCC6)nc4c3F)c12. The molecule has 4 fully saturated rings. The minimum absolute atomic E-state index is 0.0187. The molecular formula is C40H45F2N5O5. The molecule has 0 bridgehead atoms.